The molecule has 216 valence electrons. The van der Waals surface area contributed by atoms with Gasteiger partial charge in [-0.3, -0.25) is 4.79 Å². The zero-order valence-corrected chi connectivity index (χ0v) is 23.3. The Morgan fingerprint density at radius 2 is 1.63 bits per heavy atom. The fraction of sp³-hybridized carbons (Fsp3) is 0.250. The number of anilines is 3. The molecule has 41 heavy (non-hydrogen) atoms. The van der Waals surface area contributed by atoms with Gasteiger partial charge in [0.05, 0.1) is 35.4 Å². The summed E-state index contributed by atoms with van der Waals surface area (Å²) in [5, 5.41) is 3.20. The third kappa shape index (κ3) is 5.75. The quantitative estimate of drug-likeness (QED) is 0.291. The summed E-state index contributed by atoms with van der Waals surface area (Å²) in [6, 6.07) is 14.8. The number of amides is 3. The van der Waals surface area contributed by atoms with E-state index in [0.29, 0.717) is 39.7 Å². The van der Waals surface area contributed by atoms with E-state index in [2.05, 4.69) is 5.32 Å². The zero-order valence-electron chi connectivity index (χ0n) is 22.4. The Hall–Kier alpha value is -4.39. The molecule has 4 rings (SSSR count). The largest absolute Gasteiger partial charge is 0.465 e. The molecule has 1 saturated heterocycles. The highest BCUT2D eigenvalue weighted by molar-refractivity contribution is 7.90. The molecule has 1 aliphatic heterocycles. The molecule has 1 heterocycles. The number of para-hydroxylation sites is 1. The molecule has 1 aliphatic rings. The summed E-state index contributed by atoms with van der Waals surface area (Å²) in [5.74, 6) is -1.26. The smallest absolute Gasteiger partial charge is 0.417 e. The molecule has 9 nitrogen and oxygen atoms in total. The Labute approximate surface area is 234 Å². The average Bonchev–Trinajstić information content (AvgIpc) is 3.07. The lowest BCUT2D eigenvalue weighted by molar-refractivity contribution is -0.139. The Kier molecular flexibility index (Phi) is 7.61. The predicted octanol–water partition coefficient (Wildman–Crippen LogP) is 5.39. The highest BCUT2D eigenvalue weighted by Gasteiger charge is 2.52. The molecule has 0 saturated carbocycles. The number of imide groups is 1. The minimum absolute atomic E-state index is 0.0783. The second-order valence-electron chi connectivity index (χ2n) is 9.87. The molecule has 0 unspecified atom stereocenters. The van der Waals surface area contributed by atoms with Crippen LogP contribution in [-0.4, -0.2) is 50.1 Å². The van der Waals surface area contributed by atoms with Gasteiger partial charge in [-0.25, -0.2) is 22.9 Å². The molecule has 0 spiro atoms. The van der Waals surface area contributed by atoms with E-state index in [9.17, 15) is 36.0 Å². The average molecular weight is 590 g/mol. The number of alkyl halides is 3. The molecule has 0 atom stereocenters. The van der Waals surface area contributed by atoms with E-state index in [0.717, 1.165) is 12.1 Å². The summed E-state index contributed by atoms with van der Waals surface area (Å²) in [7, 11) is -2.97. The Balaban J connectivity index is 1.66. The van der Waals surface area contributed by atoms with Gasteiger partial charge in [0, 0.05) is 17.6 Å². The van der Waals surface area contributed by atoms with E-state index >= 15 is 0 Å². The van der Waals surface area contributed by atoms with E-state index < -0.39 is 55.6 Å². The fourth-order valence-electron chi connectivity index (χ4n) is 4.44. The first kappa shape index (κ1) is 29.6. The van der Waals surface area contributed by atoms with Crippen molar-refractivity contribution in [2.45, 2.75) is 37.0 Å². The van der Waals surface area contributed by atoms with Crippen molar-refractivity contribution >= 4 is 44.8 Å². The Morgan fingerprint density at radius 1 is 1.00 bits per heavy atom. The van der Waals surface area contributed by atoms with Crippen LogP contribution in [0.25, 0.3) is 0 Å². The topological polar surface area (TPSA) is 113 Å². The fourth-order valence-corrected chi connectivity index (χ4v) is 5.33. The molecule has 0 aliphatic carbocycles. The molecule has 3 amide bonds. The van der Waals surface area contributed by atoms with Crippen LogP contribution >= 0.6 is 0 Å². The monoisotopic (exact) mass is 589 g/mol. The number of esters is 1. The van der Waals surface area contributed by atoms with Crippen LogP contribution < -0.4 is 10.2 Å². The highest BCUT2D eigenvalue weighted by Crippen LogP contribution is 2.40. The molecule has 13 heteroatoms. The number of carbonyl (C=O) groups excluding carboxylic acids is 3. The number of methoxy groups -OCH3 is 1. The summed E-state index contributed by atoms with van der Waals surface area (Å²) in [5.41, 5.74) is -1.14. The zero-order chi connectivity index (χ0) is 30.3. The van der Waals surface area contributed by atoms with Crippen LogP contribution in [0.15, 0.2) is 71.6 Å². The van der Waals surface area contributed by atoms with Crippen molar-refractivity contribution in [1.29, 1.82) is 0 Å². The predicted molar refractivity (Wildman–Crippen MR) is 145 cm³/mol. The molecule has 0 radical (unpaired) electrons. The minimum Gasteiger partial charge on any atom is -0.465 e. The van der Waals surface area contributed by atoms with Gasteiger partial charge in [0.15, 0.2) is 9.84 Å². The number of nitrogens with one attached hydrogen (secondary N) is 1. The first-order valence-corrected chi connectivity index (χ1v) is 14.1. The maximum atomic E-state index is 13.8. The van der Waals surface area contributed by atoms with Gasteiger partial charge in [-0.1, -0.05) is 18.2 Å². The van der Waals surface area contributed by atoms with Crippen LogP contribution in [0.5, 0.6) is 0 Å². The number of hydrogen-bond acceptors (Lipinski definition) is 7. The van der Waals surface area contributed by atoms with E-state index in [1.165, 1.54) is 25.9 Å². The van der Waals surface area contributed by atoms with Gasteiger partial charge in [-0.2, -0.15) is 13.2 Å². The molecule has 1 N–H and O–H groups in total. The summed E-state index contributed by atoms with van der Waals surface area (Å²) in [6.07, 6.45) is -4.40. The van der Waals surface area contributed by atoms with Crippen LogP contribution in [0.1, 0.15) is 35.3 Å². The third-order valence-electron chi connectivity index (χ3n) is 6.68. The van der Waals surface area contributed by atoms with Crippen molar-refractivity contribution in [2.75, 3.05) is 23.6 Å². The van der Waals surface area contributed by atoms with E-state index in [4.69, 9.17) is 4.74 Å². The van der Waals surface area contributed by atoms with Gasteiger partial charge in [-0.05, 0) is 67.9 Å². The van der Waals surface area contributed by atoms with Crippen LogP contribution in [0.3, 0.4) is 0 Å². The number of benzene rings is 3. The molecular formula is C28H26F3N3O6S. The molecular weight excluding hydrogens is 563 g/mol. The maximum Gasteiger partial charge on any atom is 0.417 e. The second kappa shape index (κ2) is 10.5. The summed E-state index contributed by atoms with van der Waals surface area (Å²) < 4.78 is 69.9. The standard InChI is InChI=1S/C28H26F3N3O6S/c1-27(2)25(36)34(20-13-14-23(41(4,38)39)21(15-20)28(29,30)31)26(37)33(27)16-18-7-5-6-8-22(18)32-19-11-9-17(10-12-19)24(35)40-3/h5-15,32H,16H2,1-4H3. The highest BCUT2D eigenvalue weighted by atomic mass is 32.2. The number of nitrogens with zero attached hydrogens (tertiary/aromatic N) is 2. The SMILES string of the molecule is COC(=O)c1ccc(Nc2ccccc2CN2C(=O)N(c3ccc(S(C)(=O)=O)c(C(F)(F)F)c3)C(=O)C2(C)C)cc1. The lowest BCUT2D eigenvalue weighted by atomic mass is 10.0. The molecule has 0 aromatic heterocycles. The van der Waals surface area contributed by atoms with Crippen molar-refractivity contribution in [3.8, 4) is 0 Å². The van der Waals surface area contributed by atoms with Crippen molar-refractivity contribution in [2.24, 2.45) is 0 Å². The van der Waals surface area contributed by atoms with Gasteiger partial charge in [-0.15, -0.1) is 0 Å². The minimum atomic E-state index is -5.05. The van der Waals surface area contributed by atoms with Crippen LogP contribution in [0.2, 0.25) is 0 Å². The van der Waals surface area contributed by atoms with Gasteiger partial charge < -0.3 is 15.0 Å². The lowest BCUT2D eigenvalue weighted by Crippen LogP contribution is -2.43. The number of carbonyl (C=O) groups is 3. The van der Waals surface area contributed by atoms with Gasteiger partial charge in [0.2, 0.25) is 0 Å². The molecule has 3 aromatic rings. The first-order valence-electron chi connectivity index (χ1n) is 12.2. The van der Waals surface area contributed by atoms with Gasteiger partial charge in [0.25, 0.3) is 5.91 Å². The molecule has 3 aromatic carbocycles. The van der Waals surface area contributed by atoms with Crippen LogP contribution in [-0.2, 0) is 32.1 Å². The number of sulfone groups is 1. The second-order valence-corrected chi connectivity index (χ2v) is 11.9. The number of rotatable bonds is 7. The summed E-state index contributed by atoms with van der Waals surface area (Å²) in [4.78, 5) is 39.5. The van der Waals surface area contributed by atoms with Crippen molar-refractivity contribution in [3.05, 3.63) is 83.4 Å². The Bertz CT molecular complexity index is 1640. The Morgan fingerprint density at radius 3 is 2.22 bits per heavy atom. The number of urea groups is 1. The molecule has 0 bridgehead atoms. The number of ether oxygens (including phenoxy) is 1. The van der Waals surface area contributed by atoms with E-state index in [-0.39, 0.29) is 6.54 Å². The van der Waals surface area contributed by atoms with Crippen molar-refractivity contribution in [1.82, 2.24) is 4.90 Å². The van der Waals surface area contributed by atoms with Gasteiger partial charge >= 0.3 is 18.2 Å². The van der Waals surface area contributed by atoms with Crippen molar-refractivity contribution in [3.63, 3.8) is 0 Å². The van der Waals surface area contributed by atoms with Gasteiger partial charge in [0.1, 0.15) is 5.54 Å². The summed E-state index contributed by atoms with van der Waals surface area (Å²) in [6.45, 7) is 2.87. The maximum absolute atomic E-state index is 13.8. The summed E-state index contributed by atoms with van der Waals surface area (Å²) >= 11 is 0. The van der Waals surface area contributed by atoms with E-state index in [1.54, 1.807) is 48.5 Å². The lowest BCUT2D eigenvalue weighted by Gasteiger charge is -2.28. The van der Waals surface area contributed by atoms with Crippen LogP contribution in [0, 0.1) is 0 Å². The molecule has 1 fully saturated rings. The third-order valence-corrected chi connectivity index (χ3v) is 7.84. The number of hydrogen-bond donors (Lipinski definition) is 1. The first-order chi connectivity index (χ1) is 19.1. The van der Waals surface area contributed by atoms with Crippen molar-refractivity contribution < 1.29 is 40.7 Å². The normalized spacial score (nSPS) is 15.3. The number of halogens is 3. The van der Waals surface area contributed by atoms with E-state index in [1.807, 2.05) is 0 Å². The van der Waals surface area contributed by atoms with Crippen LogP contribution in [0.4, 0.5) is 35.0 Å².